The lowest BCUT2D eigenvalue weighted by Gasteiger charge is -2.16. The summed E-state index contributed by atoms with van der Waals surface area (Å²) in [5.74, 6) is 0.419. The van der Waals surface area contributed by atoms with Crippen LogP contribution >= 0.6 is 11.3 Å². The van der Waals surface area contributed by atoms with E-state index in [1.54, 1.807) is 6.07 Å². The summed E-state index contributed by atoms with van der Waals surface area (Å²) in [6.45, 7) is 9.17. The molecular weight excluding hydrogens is 320 g/mol. The Balaban J connectivity index is 2.69. The molecule has 0 aliphatic rings. The van der Waals surface area contributed by atoms with Crippen LogP contribution in [0.25, 0.3) is 0 Å². The average molecular weight is 347 g/mol. The lowest BCUT2D eigenvalue weighted by atomic mass is 10.3. The van der Waals surface area contributed by atoms with Gasteiger partial charge in [0.25, 0.3) is 10.0 Å². The molecule has 0 amide bonds. The largest absolute Gasteiger partial charge is 0.370 e. The van der Waals surface area contributed by atoms with Crippen molar-refractivity contribution >= 4 is 27.3 Å². The van der Waals surface area contributed by atoms with Gasteiger partial charge in [0, 0.05) is 37.0 Å². The summed E-state index contributed by atoms with van der Waals surface area (Å²) in [5.41, 5.74) is 5.73. The zero-order valence-corrected chi connectivity index (χ0v) is 15.3. The Labute approximate surface area is 137 Å². The maximum absolute atomic E-state index is 12.4. The van der Waals surface area contributed by atoms with Crippen LogP contribution in [0.3, 0.4) is 0 Å². The highest BCUT2D eigenvalue weighted by Crippen LogP contribution is 2.25. The van der Waals surface area contributed by atoms with E-state index in [-0.39, 0.29) is 6.04 Å². The number of thiophene rings is 1. The summed E-state index contributed by atoms with van der Waals surface area (Å²) in [6, 6.07) is 3.77. The monoisotopic (exact) mass is 346 g/mol. The normalized spacial score (nSPS) is 13.1. The summed E-state index contributed by atoms with van der Waals surface area (Å²) >= 11 is 1.30. The highest BCUT2D eigenvalue weighted by molar-refractivity contribution is 7.91. The van der Waals surface area contributed by atoms with Crippen LogP contribution in [-0.2, 0) is 16.4 Å². The van der Waals surface area contributed by atoms with Crippen LogP contribution in [0, 0.1) is 0 Å². The summed E-state index contributed by atoms with van der Waals surface area (Å²) in [6.07, 6.45) is 0.679. The van der Waals surface area contributed by atoms with Crippen LogP contribution in [0.2, 0.25) is 0 Å². The minimum Gasteiger partial charge on any atom is -0.370 e. The molecule has 126 valence electrons. The molecule has 8 heteroatoms. The van der Waals surface area contributed by atoms with Gasteiger partial charge in [0.2, 0.25) is 0 Å². The van der Waals surface area contributed by atoms with Crippen molar-refractivity contribution in [2.75, 3.05) is 19.6 Å². The van der Waals surface area contributed by atoms with E-state index in [4.69, 9.17) is 5.73 Å². The van der Waals surface area contributed by atoms with Crippen molar-refractivity contribution in [1.82, 2.24) is 9.62 Å². The van der Waals surface area contributed by atoms with Crippen molar-refractivity contribution in [3.8, 4) is 0 Å². The standard InChI is InChI=1S/C14H26N4O2S2/c1-5-18(6-2)22(19,20)13-8-7-12(21-13)9-10-16-14(15)17-11(3)4/h7-8,11H,5-6,9-10H2,1-4H3,(H3,15,16,17). The van der Waals surface area contributed by atoms with Gasteiger partial charge in [-0.3, -0.25) is 4.99 Å². The number of guanidine groups is 1. The van der Waals surface area contributed by atoms with E-state index in [0.29, 0.717) is 36.2 Å². The first-order chi connectivity index (χ1) is 10.3. The molecule has 0 unspecified atom stereocenters. The first kappa shape index (κ1) is 18.9. The fraction of sp³-hybridized carbons (Fsp3) is 0.643. The highest BCUT2D eigenvalue weighted by atomic mass is 32.2. The lowest BCUT2D eigenvalue weighted by Crippen LogP contribution is -2.36. The minimum atomic E-state index is -3.36. The Morgan fingerprint density at radius 1 is 1.36 bits per heavy atom. The SMILES string of the molecule is CCN(CC)S(=O)(=O)c1ccc(CCN=C(N)NC(C)C)s1. The molecule has 0 saturated heterocycles. The Bertz CT molecular complexity index is 590. The number of rotatable bonds is 8. The fourth-order valence-corrected chi connectivity index (χ4v) is 4.91. The van der Waals surface area contributed by atoms with Gasteiger partial charge in [-0.05, 0) is 26.0 Å². The van der Waals surface area contributed by atoms with Crippen molar-refractivity contribution in [2.24, 2.45) is 10.7 Å². The maximum atomic E-state index is 12.4. The quantitative estimate of drug-likeness (QED) is 0.553. The number of hydrogen-bond acceptors (Lipinski definition) is 4. The Kier molecular flexibility index (Phi) is 7.31. The predicted octanol–water partition coefficient (Wildman–Crippen LogP) is 1.63. The first-order valence-corrected chi connectivity index (χ1v) is 9.72. The molecule has 22 heavy (non-hydrogen) atoms. The van der Waals surface area contributed by atoms with Crippen LogP contribution in [0.1, 0.15) is 32.6 Å². The molecule has 0 atom stereocenters. The third-order valence-electron chi connectivity index (χ3n) is 3.01. The molecule has 6 nitrogen and oxygen atoms in total. The van der Waals surface area contributed by atoms with Gasteiger partial charge in [-0.2, -0.15) is 4.31 Å². The molecule has 1 heterocycles. The van der Waals surface area contributed by atoms with Crippen LogP contribution in [0.15, 0.2) is 21.3 Å². The molecule has 0 aromatic carbocycles. The molecule has 0 fully saturated rings. The molecule has 1 aromatic rings. The number of aliphatic imine (C=N–C) groups is 1. The maximum Gasteiger partial charge on any atom is 0.252 e. The van der Waals surface area contributed by atoms with Gasteiger partial charge in [0.15, 0.2) is 5.96 Å². The second kappa shape index (κ2) is 8.50. The Hall–Kier alpha value is -1.12. The number of nitrogens with one attached hydrogen (secondary N) is 1. The lowest BCUT2D eigenvalue weighted by molar-refractivity contribution is 0.447. The molecular formula is C14H26N4O2S2. The second-order valence-corrected chi connectivity index (χ2v) is 8.46. The van der Waals surface area contributed by atoms with E-state index in [1.807, 2.05) is 33.8 Å². The van der Waals surface area contributed by atoms with E-state index in [0.717, 1.165) is 4.88 Å². The zero-order valence-electron chi connectivity index (χ0n) is 13.7. The van der Waals surface area contributed by atoms with E-state index in [9.17, 15) is 8.42 Å². The zero-order chi connectivity index (χ0) is 16.8. The van der Waals surface area contributed by atoms with Gasteiger partial charge in [0.1, 0.15) is 4.21 Å². The molecule has 0 bridgehead atoms. The van der Waals surface area contributed by atoms with Crippen LogP contribution in [0.4, 0.5) is 0 Å². The number of hydrogen-bond donors (Lipinski definition) is 2. The molecule has 0 aliphatic heterocycles. The molecule has 3 N–H and O–H groups in total. The highest BCUT2D eigenvalue weighted by Gasteiger charge is 2.23. The number of nitrogens with zero attached hydrogens (tertiary/aromatic N) is 2. The third kappa shape index (κ3) is 5.26. The van der Waals surface area contributed by atoms with Gasteiger partial charge in [-0.15, -0.1) is 11.3 Å². The molecule has 1 aromatic heterocycles. The summed E-state index contributed by atoms with van der Waals surface area (Å²) in [5, 5.41) is 3.02. The average Bonchev–Trinajstić information content (AvgIpc) is 2.88. The van der Waals surface area contributed by atoms with E-state index in [2.05, 4.69) is 10.3 Å². The molecule has 0 spiro atoms. The van der Waals surface area contributed by atoms with Crippen molar-refractivity contribution in [1.29, 1.82) is 0 Å². The number of sulfonamides is 1. The van der Waals surface area contributed by atoms with Crippen LogP contribution < -0.4 is 11.1 Å². The van der Waals surface area contributed by atoms with Crippen LogP contribution in [0.5, 0.6) is 0 Å². The topological polar surface area (TPSA) is 87.8 Å². The first-order valence-electron chi connectivity index (χ1n) is 7.46. The van der Waals surface area contributed by atoms with Crippen molar-refractivity contribution in [3.63, 3.8) is 0 Å². The van der Waals surface area contributed by atoms with Gasteiger partial charge in [-0.1, -0.05) is 13.8 Å². The molecule has 0 aliphatic carbocycles. The predicted molar refractivity (Wildman–Crippen MR) is 92.9 cm³/mol. The van der Waals surface area contributed by atoms with E-state index in [1.165, 1.54) is 15.6 Å². The van der Waals surface area contributed by atoms with Gasteiger partial charge in [0.05, 0.1) is 0 Å². The summed E-state index contributed by atoms with van der Waals surface area (Å²) in [7, 11) is -3.36. The molecule has 0 radical (unpaired) electrons. The van der Waals surface area contributed by atoms with Crippen molar-refractivity contribution in [2.45, 2.75) is 44.4 Å². The molecule has 1 rings (SSSR count). The summed E-state index contributed by atoms with van der Waals surface area (Å²) in [4.78, 5) is 5.22. The minimum absolute atomic E-state index is 0.247. The van der Waals surface area contributed by atoms with Gasteiger partial charge in [-0.25, -0.2) is 8.42 Å². The van der Waals surface area contributed by atoms with E-state index < -0.39 is 10.0 Å². The van der Waals surface area contributed by atoms with Gasteiger partial charge < -0.3 is 11.1 Å². The van der Waals surface area contributed by atoms with Crippen LogP contribution in [-0.4, -0.2) is 44.4 Å². The Morgan fingerprint density at radius 3 is 2.55 bits per heavy atom. The van der Waals surface area contributed by atoms with Crippen molar-refractivity contribution < 1.29 is 8.42 Å². The number of nitrogens with two attached hydrogens (primary N) is 1. The Morgan fingerprint density at radius 2 is 2.00 bits per heavy atom. The third-order valence-corrected chi connectivity index (χ3v) is 6.68. The summed E-state index contributed by atoms with van der Waals surface area (Å²) < 4.78 is 26.6. The van der Waals surface area contributed by atoms with E-state index >= 15 is 0 Å². The second-order valence-electron chi connectivity index (χ2n) is 5.13. The smallest absolute Gasteiger partial charge is 0.252 e. The fourth-order valence-electron chi connectivity index (χ4n) is 1.95. The van der Waals surface area contributed by atoms with Crippen molar-refractivity contribution in [3.05, 3.63) is 17.0 Å². The molecule has 0 saturated carbocycles. The van der Waals surface area contributed by atoms with Gasteiger partial charge >= 0.3 is 0 Å².